The standard InChI is InChI=1S/C12H21NO4/c1-12(2,3)17-11(16)13-9-6-4-5-8(7-9)10(14)15/h8-9H,4-7H2,1-3H3,(H,13,16)(H,14,15)/t8?,9-/m1/s1. The van der Waals surface area contributed by atoms with Crippen molar-refractivity contribution in [3.63, 3.8) is 0 Å². The molecule has 0 aromatic rings. The van der Waals surface area contributed by atoms with Crippen molar-refractivity contribution in [2.45, 2.75) is 58.1 Å². The molecule has 0 heterocycles. The van der Waals surface area contributed by atoms with Gasteiger partial charge in [0.2, 0.25) is 0 Å². The van der Waals surface area contributed by atoms with Crippen molar-refractivity contribution < 1.29 is 19.4 Å². The van der Waals surface area contributed by atoms with E-state index in [0.717, 1.165) is 12.8 Å². The zero-order valence-corrected chi connectivity index (χ0v) is 10.7. The maximum Gasteiger partial charge on any atom is 0.407 e. The van der Waals surface area contributed by atoms with Gasteiger partial charge in [-0.25, -0.2) is 4.79 Å². The average Bonchev–Trinajstić information content (AvgIpc) is 2.14. The average molecular weight is 243 g/mol. The Morgan fingerprint density at radius 1 is 1.29 bits per heavy atom. The van der Waals surface area contributed by atoms with Gasteiger partial charge in [-0.15, -0.1) is 0 Å². The Balaban J connectivity index is 2.41. The topological polar surface area (TPSA) is 75.6 Å². The molecule has 1 fully saturated rings. The zero-order valence-electron chi connectivity index (χ0n) is 10.7. The molecule has 1 unspecified atom stereocenters. The summed E-state index contributed by atoms with van der Waals surface area (Å²) in [7, 11) is 0. The molecule has 5 heteroatoms. The van der Waals surface area contributed by atoms with Crippen molar-refractivity contribution in [3.8, 4) is 0 Å². The summed E-state index contributed by atoms with van der Waals surface area (Å²) in [6.07, 6.45) is 2.38. The lowest BCUT2D eigenvalue weighted by Crippen LogP contribution is -2.42. The van der Waals surface area contributed by atoms with Gasteiger partial charge in [-0.3, -0.25) is 4.79 Å². The molecule has 1 rings (SSSR count). The van der Waals surface area contributed by atoms with Crippen LogP contribution >= 0.6 is 0 Å². The van der Waals surface area contributed by atoms with Crippen LogP contribution < -0.4 is 5.32 Å². The normalized spacial score (nSPS) is 25.1. The number of rotatable bonds is 2. The lowest BCUT2D eigenvalue weighted by atomic mass is 9.86. The second kappa shape index (κ2) is 5.38. The van der Waals surface area contributed by atoms with Gasteiger partial charge in [0.1, 0.15) is 5.60 Å². The van der Waals surface area contributed by atoms with Gasteiger partial charge in [0.05, 0.1) is 5.92 Å². The van der Waals surface area contributed by atoms with Gasteiger partial charge in [0, 0.05) is 6.04 Å². The Bertz CT molecular complexity index is 295. The predicted molar refractivity (Wildman–Crippen MR) is 62.8 cm³/mol. The molecule has 0 radical (unpaired) electrons. The molecule has 0 spiro atoms. The number of carbonyl (C=O) groups excluding carboxylic acids is 1. The van der Waals surface area contributed by atoms with Gasteiger partial charge in [-0.05, 0) is 40.0 Å². The lowest BCUT2D eigenvalue weighted by molar-refractivity contribution is -0.143. The molecule has 1 saturated carbocycles. The molecule has 1 aliphatic rings. The maximum atomic E-state index is 11.5. The summed E-state index contributed by atoms with van der Waals surface area (Å²) in [5.74, 6) is -1.12. The predicted octanol–water partition coefficient (Wildman–Crippen LogP) is 2.15. The van der Waals surface area contributed by atoms with Crippen LogP contribution in [0.15, 0.2) is 0 Å². The number of hydrogen-bond donors (Lipinski definition) is 2. The number of carboxylic acid groups (broad SMARTS) is 1. The third-order valence-electron chi connectivity index (χ3n) is 2.74. The van der Waals surface area contributed by atoms with E-state index in [1.54, 1.807) is 20.8 Å². The number of nitrogens with one attached hydrogen (secondary N) is 1. The molecular weight excluding hydrogens is 222 g/mol. The van der Waals surface area contributed by atoms with Crippen LogP contribution in [0.25, 0.3) is 0 Å². The van der Waals surface area contributed by atoms with Gasteiger partial charge < -0.3 is 15.2 Å². The Hall–Kier alpha value is -1.26. The molecule has 1 aliphatic carbocycles. The van der Waals surface area contributed by atoms with E-state index in [1.807, 2.05) is 0 Å². The molecule has 2 atom stereocenters. The second-order valence-corrected chi connectivity index (χ2v) is 5.54. The number of alkyl carbamates (subject to hydrolysis) is 1. The quantitative estimate of drug-likeness (QED) is 0.779. The van der Waals surface area contributed by atoms with Crippen LogP contribution in [0.3, 0.4) is 0 Å². The van der Waals surface area contributed by atoms with Crippen LogP contribution in [-0.4, -0.2) is 28.8 Å². The van der Waals surface area contributed by atoms with Crippen molar-refractivity contribution in [1.29, 1.82) is 0 Å². The van der Waals surface area contributed by atoms with Crippen molar-refractivity contribution in [3.05, 3.63) is 0 Å². The number of carbonyl (C=O) groups is 2. The number of ether oxygens (including phenoxy) is 1. The summed E-state index contributed by atoms with van der Waals surface area (Å²) in [6, 6.07) is -0.0836. The fraction of sp³-hybridized carbons (Fsp3) is 0.833. The fourth-order valence-corrected chi connectivity index (χ4v) is 2.02. The highest BCUT2D eigenvalue weighted by Gasteiger charge is 2.28. The minimum absolute atomic E-state index is 0.0836. The molecule has 5 nitrogen and oxygen atoms in total. The molecule has 0 aromatic heterocycles. The van der Waals surface area contributed by atoms with E-state index in [0.29, 0.717) is 12.8 Å². The van der Waals surface area contributed by atoms with Crippen LogP contribution in [0, 0.1) is 5.92 Å². The second-order valence-electron chi connectivity index (χ2n) is 5.54. The molecular formula is C12H21NO4. The molecule has 0 bridgehead atoms. The van der Waals surface area contributed by atoms with Crippen molar-refractivity contribution in [1.82, 2.24) is 5.32 Å². The molecule has 1 amide bonds. The monoisotopic (exact) mass is 243 g/mol. The van der Waals surface area contributed by atoms with Crippen molar-refractivity contribution >= 4 is 12.1 Å². The molecule has 0 aliphatic heterocycles. The smallest absolute Gasteiger partial charge is 0.407 e. The van der Waals surface area contributed by atoms with Crippen LogP contribution in [0.2, 0.25) is 0 Å². The SMILES string of the molecule is CC(C)(C)OC(=O)N[C@@H]1CCCC(C(=O)O)C1. The summed E-state index contributed by atoms with van der Waals surface area (Å²) in [5, 5.41) is 11.7. The number of aliphatic carboxylic acids is 1. The highest BCUT2D eigenvalue weighted by atomic mass is 16.6. The van der Waals surface area contributed by atoms with Crippen LogP contribution in [0.5, 0.6) is 0 Å². The molecule has 0 aromatic carbocycles. The van der Waals surface area contributed by atoms with Crippen LogP contribution in [-0.2, 0) is 9.53 Å². The lowest BCUT2D eigenvalue weighted by Gasteiger charge is -2.28. The van der Waals surface area contributed by atoms with Crippen LogP contribution in [0.1, 0.15) is 46.5 Å². The minimum atomic E-state index is -0.777. The minimum Gasteiger partial charge on any atom is -0.481 e. The van der Waals surface area contributed by atoms with Gasteiger partial charge in [-0.2, -0.15) is 0 Å². The van der Waals surface area contributed by atoms with E-state index < -0.39 is 17.7 Å². The third-order valence-corrected chi connectivity index (χ3v) is 2.74. The first-order valence-corrected chi connectivity index (χ1v) is 6.00. The van der Waals surface area contributed by atoms with Gasteiger partial charge in [0.25, 0.3) is 0 Å². The Morgan fingerprint density at radius 3 is 2.47 bits per heavy atom. The largest absolute Gasteiger partial charge is 0.481 e. The first kappa shape index (κ1) is 13.8. The van der Waals surface area contributed by atoms with E-state index in [-0.39, 0.29) is 12.0 Å². The number of amides is 1. The summed E-state index contributed by atoms with van der Waals surface area (Å²) in [5.41, 5.74) is -0.523. The number of hydrogen-bond acceptors (Lipinski definition) is 3. The molecule has 17 heavy (non-hydrogen) atoms. The van der Waals surface area contributed by atoms with Gasteiger partial charge in [-0.1, -0.05) is 6.42 Å². The van der Waals surface area contributed by atoms with E-state index in [1.165, 1.54) is 0 Å². The maximum absolute atomic E-state index is 11.5. The molecule has 98 valence electrons. The highest BCUT2D eigenvalue weighted by molar-refractivity contribution is 5.71. The third kappa shape index (κ3) is 5.06. The Labute approximate surface area is 102 Å². The summed E-state index contributed by atoms with van der Waals surface area (Å²) in [6.45, 7) is 5.40. The highest BCUT2D eigenvalue weighted by Crippen LogP contribution is 2.24. The van der Waals surface area contributed by atoms with E-state index in [9.17, 15) is 9.59 Å². The van der Waals surface area contributed by atoms with Crippen molar-refractivity contribution in [2.24, 2.45) is 5.92 Å². The first-order valence-electron chi connectivity index (χ1n) is 6.00. The van der Waals surface area contributed by atoms with E-state index >= 15 is 0 Å². The fourth-order valence-electron chi connectivity index (χ4n) is 2.02. The van der Waals surface area contributed by atoms with E-state index in [2.05, 4.69) is 5.32 Å². The summed E-state index contributed by atoms with van der Waals surface area (Å²) >= 11 is 0. The summed E-state index contributed by atoms with van der Waals surface area (Å²) in [4.78, 5) is 22.4. The van der Waals surface area contributed by atoms with Gasteiger partial charge >= 0.3 is 12.1 Å². The number of carboxylic acids is 1. The zero-order chi connectivity index (χ0) is 13.1. The van der Waals surface area contributed by atoms with Gasteiger partial charge in [0.15, 0.2) is 0 Å². The Morgan fingerprint density at radius 2 is 1.94 bits per heavy atom. The molecule has 0 saturated heterocycles. The Kier molecular flexibility index (Phi) is 4.37. The summed E-state index contributed by atoms with van der Waals surface area (Å²) < 4.78 is 5.14. The van der Waals surface area contributed by atoms with E-state index in [4.69, 9.17) is 9.84 Å². The molecule has 2 N–H and O–H groups in total. The first-order chi connectivity index (χ1) is 7.78. The van der Waals surface area contributed by atoms with Crippen molar-refractivity contribution in [2.75, 3.05) is 0 Å². The van der Waals surface area contributed by atoms with Crippen LogP contribution in [0.4, 0.5) is 4.79 Å².